The molecule has 1 aliphatic rings. The zero-order chi connectivity index (χ0) is 19.3. The summed E-state index contributed by atoms with van der Waals surface area (Å²) in [5, 5.41) is 0.658. The predicted octanol–water partition coefficient (Wildman–Crippen LogP) is 2.74. The summed E-state index contributed by atoms with van der Waals surface area (Å²) in [5.74, 6) is 3.24. The number of ether oxygens (including phenoxy) is 1. The Morgan fingerprint density at radius 3 is 2.64 bits per heavy atom. The molecule has 0 unspecified atom stereocenters. The number of aromatic nitrogens is 6. The lowest BCUT2D eigenvalue weighted by molar-refractivity contribution is 0.122. The lowest BCUT2D eigenvalue weighted by atomic mass is 10.3. The summed E-state index contributed by atoms with van der Waals surface area (Å²) in [6.07, 6.45) is 0. The second kappa shape index (κ2) is 6.82. The van der Waals surface area contributed by atoms with Crippen LogP contribution in [0.5, 0.6) is 0 Å². The number of alkyl halides is 1. The molecular formula is C19H20BrN7O. The molecule has 3 aromatic heterocycles. The summed E-state index contributed by atoms with van der Waals surface area (Å²) >= 11 is 3.53. The molecule has 9 heteroatoms. The van der Waals surface area contributed by atoms with E-state index in [4.69, 9.17) is 19.7 Å². The first-order valence-corrected chi connectivity index (χ1v) is 10.4. The van der Waals surface area contributed by atoms with Gasteiger partial charge in [-0.3, -0.25) is 4.57 Å². The zero-order valence-corrected chi connectivity index (χ0v) is 17.3. The summed E-state index contributed by atoms with van der Waals surface area (Å²) in [5.41, 5.74) is 3.57. The molecule has 1 saturated heterocycles. The first-order chi connectivity index (χ1) is 13.7. The van der Waals surface area contributed by atoms with Gasteiger partial charge in [-0.15, -0.1) is 0 Å². The zero-order valence-electron chi connectivity index (χ0n) is 15.8. The number of fused-ring (bicyclic) bond motifs is 2. The normalized spacial score (nSPS) is 15.0. The van der Waals surface area contributed by atoms with Crippen LogP contribution in [0.3, 0.4) is 0 Å². The standard InChI is InChI=1S/C19H20BrN7O/c1-12-21-13-5-3-4-6-14(13)27(12)19-23-17-16(22-15(11-20)25(17)2)18(24-19)26-7-9-28-10-8-26/h3-6H,7-11H2,1-2H3. The molecule has 0 amide bonds. The predicted molar refractivity (Wildman–Crippen MR) is 111 cm³/mol. The molecule has 1 aromatic carbocycles. The van der Waals surface area contributed by atoms with Gasteiger partial charge in [0.2, 0.25) is 5.95 Å². The van der Waals surface area contributed by atoms with Crippen molar-refractivity contribution in [2.24, 2.45) is 7.05 Å². The molecule has 0 saturated carbocycles. The highest BCUT2D eigenvalue weighted by molar-refractivity contribution is 9.08. The number of morpholine rings is 1. The first kappa shape index (κ1) is 17.6. The van der Waals surface area contributed by atoms with Gasteiger partial charge in [-0.05, 0) is 19.1 Å². The molecular weight excluding hydrogens is 422 g/mol. The maximum atomic E-state index is 5.53. The largest absolute Gasteiger partial charge is 0.378 e. The number of para-hydroxylation sites is 2. The van der Waals surface area contributed by atoms with Crippen LogP contribution in [-0.4, -0.2) is 55.4 Å². The van der Waals surface area contributed by atoms with E-state index in [9.17, 15) is 0 Å². The van der Waals surface area contributed by atoms with E-state index in [1.54, 1.807) is 0 Å². The number of benzene rings is 1. The van der Waals surface area contributed by atoms with Crippen LogP contribution in [0.1, 0.15) is 11.6 Å². The van der Waals surface area contributed by atoms with Crippen LogP contribution in [0.25, 0.3) is 28.1 Å². The summed E-state index contributed by atoms with van der Waals surface area (Å²) in [7, 11) is 1.99. The molecule has 0 bridgehead atoms. The van der Waals surface area contributed by atoms with E-state index in [2.05, 4.69) is 25.8 Å². The average Bonchev–Trinajstić information content (AvgIpc) is 3.24. The van der Waals surface area contributed by atoms with Gasteiger partial charge in [0.25, 0.3) is 0 Å². The van der Waals surface area contributed by atoms with Gasteiger partial charge in [0, 0.05) is 20.1 Å². The highest BCUT2D eigenvalue weighted by Gasteiger charge is 2.23. The molecule has 0 aliphatic carbocycles. The highest BCUT2D eigenvalue weighted by Crippen LogP contribution is 2.28. The molecule has 0 spiro atoms. The van der Waals surface area contributed by atoms with Crippen LogP contribution >= 0.6 is 15.9 Å². The quantitative estimate of drug-likeness (QED) is 0.455. The molecule has 8 nitrogen and oxygen atoms in total. The number of aryl methyl sites for hydroxylation is 2. The smallest absolute Gasteiger partial charge is 0.239 e. The van der Waals surface area contributed by atoms with Crippen molar-refractivity contribution < 1.29 is 4.74 Å². The van der Waals surface area contributed by atoms with Gasteiger partial charge in [-0.25, -0.2) is 9.97 Å². The van der Waals surface area contributed by atoms with Crippen molar-refractivity contribution in [3.63, 3.8) is 0 Å². The third-order valence-electron chi connectivity index (χ3n) is 5.14. The van der Waals surface area contributed by atoms with Crippen molar-refractivity contribution in [2.45, 2.75) is 12.3 Å². The fourth-order valence-corrected chi connectivity index (χ4v) is 4.20. The van der Waals surface area contributed by atoms with E-state index in [0.29, 0.717) is 24.5 Å². The van der Waals surface area contributed by atoms with Crippen LogP contribution in [0.4, 0.5) is 5.82 Å². The minimum Gasteiger partial charge on any atom is -0.378 e. The Hall–Kier alpha value is -2.52. The Morgan fingerprint density at radius 2 is 1.86 bits per heavy atom. The van der Waals surface area contributed by atoms with Crippen molar-refractivity contribution in [2.75, 3.05) is 31.2 Å². The Balaban J connectivity index is 1.79. The maximum Gasteiger partial charge on any atom is 0.239 e. The molecule has 144 valence electrons. The highest BCUT2D eigenvalue weighted by atomic mass is 79.9. The fraction of sp³-hybridized carbons (Fsp3) is 0.368. The van der Waals surface area contributed by atoms with Gasteiger partial charge < -0.3 is 14.2 Å². The third-order valence-corrected chi connectivity index (χ3v) is 5.64. The molecule has 0 atom stereocenters. The van der Waals surface area contributed by atoms with E-state index >= 15 is 0 Å². The van der Waals surface area contributed by atoms with Gasteiger partial charge in [0.15, 0.2) is 17.0 Å². The van der Waals surface area contributed by atoms with E-state index < -0.39 is 0 Å². The van der Waals surface area contributed by atoms with E-state index in [1.807, 2.05) is 47.4 Å². The van der Waals surface area contributed by atoms with Crippen molar-refractivity contribution in [3.05, 3.63) is 35.9 Å². The van der Waals surface area contributed by atoms with Crippen LogP contribution < -0.4 is 4.90 Å². The fourth-order valence-electron chi connectivity index (χ4n) is 3.69. The van der Waals surface area contributed by atoms with Crippen LogP contribution in [0.2, 0.25) is 0 Å². The molecule has 0 N–H and O–H groups in total. The van der Waals surface area contributed by atoms with Crippen LogP contribution in [0.15, 0.2) is 24.3 Å². The molecule has 0 radical (unpaired) electrons. The van der Waals surface area contributed by atoms with Crippen molar-refractivity contribution in [3.8, 4) is 5.95 Å². The summed E-state index contributed by atoms with van der Waals surface area (Å²) in [6, 6.07) is 8.05. The van der Waals surface area contributed by atoms with Gasteiger partial charge in [0.05, 0.1) is 29.6 Å². The number of hydrogen-bond donors (Lipinski definition) is 0. The Morgan fingerprint density at radius 1 is 1.07 bits per heavy atom. The molecule has 4 heterocycles. The third kappa shape index (κ3) is 2.68. The van der Waals surface area contributed by atoms with E-state index in [0.717, 1.165) is 52.8 Å². The minimum atomic E-state index is 0.615. The number of imidazole rings is 2. The minimum absolute atomic E-state index is 0.615. The molecule has 1 aliphatic heterocycles. The summed E-state index contributed by atoms with van der Waals surface area (Å²) in [4.78, 5) is 21.5. The number of rotatable bonds is 3. The van der Waals surface area contributed by atoms with Gasteiger partial charge in [0.1, 0.15) is 11.6 Å². The topological polar surface area (TPSA) is 73.9 Å². The Kier molecular flexibility index (Phi) is 4.28. The van der Waals surface area contributed by atoms with Crippen molar-refractivity contribution >= 4 is 43.9 Å². The lowest BCUT2D eigenvalue weighted by Gasteiger charge is -2.28. The van der Waals surface area contributed by atoms with Gasteiger partial charge in [-0.2, -0.15) is 9.97 Å². The maximum absolute atomic E-state index is 5.53. The van der Waals surface area contributed by atoms with E-state index in [-0.39, 0.29) is 0 Å². The molecule has 5 rings (SSSR count). The van der Waals surface area contributed by atoms with Gasteiger partial charge in [-0.1, -0.05) is 28.1 Å². The van der Waals surface area contributed by atoms with Crippen molar-refractivity contribution in [1.29, 1.82) is 0 Å². The number of hydrogen-bond acceptors (Lipinski definition) is 6. The first-order valence-electron chi connectivity index (χ1n) is 9.24. The molecule has 1 fully saturated rings. The van der Waals surface area contributed by atoms with Crippen molar-refractivity contribution in [1.82, 2.24) is 29.1 Å². The SMILES string of the molecule is Cc1nc2ccccc2n1-c1nc(N2CCOCC2)c2nc(CBr)n(C)c2n1. The van der Waals surface area contributed by atoms with Gasteiger partial charge >= 0.3 is 0 Å². The second-order valence-corrected chi connectivity index (χ2v) is 7.38. The summed E-state index contributed by atoms with van der Waals surface area (Å²) in [6.45, 7) is 4.93. The molecule has 28 heavy (non-hydrogen) atoms. The van der Waals surface area contributed by atoms with Crippen LogP contribution in [-0.2, 0) is 17.1 Å². The second-order valence-electron chi connectivity index (χ2n) is 6.82. The molecule has 4 aromatic rings. The average molecular weight is 442 g/mol. The Bertz CT molecular complexity index is 1180. The van der Waals surface area contributed by atoms with E-state index in [1.165, 1.54) is 0 Å². The number of halogens is 1. The number of nitrogens with zero attached hydrogens (tertiary/aromatic N) is 7. The lowest BCUT2D eigenvalue weighted by Crippen LogP contribution is -2.37. The van der Waals surface area contributed by atoms with Crippen LogP contribution in [0, 0.1) is 6.92 Å². The monoisotopic (exact) mass is 441 g/mol. The summed E-state index contributed by atoms with van der Waals surface area (Å²) < 4.78 is 9.56. The number of anilines is 1. The Labute approximate surface area is 170 Å².